The van der Waals surface area contributed by atoms with E-state index in [1.54, 1.807) is 56.1 Å². The van der Waals surface area contributed by atoms with Gasteiger partial charge in [0.1, 0.15) is 5.75 Å². The number of primary amides is 1. The lowest BCUT2D eigenvalue weighted by atomic mass is 9.46. The predicted octanol–water partition coefficient (Wildman–Crippen LogP) is -0.800. The highest BCUT2D eigenvalue weighted by Crippen LogP contribution is 2.58. The van der Waals surface area contributed by atoms with Crippen LogP contribution in [0.25, 0.3) is 0 Å². The molecule has 39 heavy (non-hydrogen) atoms. The van der Waals surface area contributed by atoms with E-state index >= 15 is 0 Å². The molecule has 2 fully saturated rings. The van der Waals surface area contributed by atoms with E-state index in [0.717, 1.165) is 0 Å². The van der Waals surface area contributed by atoms with Crippen molar-refractivity contribution in [2.24, 2.45) is 28.9 Å². The lowest BCUT2D eigenvalue weighted by molar-refractivity contribution is -0.186. The van der Waals surface area contributed by atoms with E-state index in [1.807, 2.05) is 0 Å². The number of carbonyl (C=O) groups is 5. The number of anilines is 1. The SMILES string of the molecule is CN(C)c1ccc(O)c2c1C[C@@]1(Cn3ccnc3)C[C@H]3[C@H](N(C)C)C(=O)C(C(N)=O)C(=O)[C@@]3(O)C(=O)C1C2=O. The van der Waals surface area contributed by atoms with Crippen LogP contribution in [0.2, 0.25) is 0 Å². The maximum Gasteiger partial charge on any atom is 0.235 e. The molecule has 5 rings (SSSR count). The van der Waals surface area contributed by atoms with Crippen LogP contribution in [-0.2, 0) is 32.1 Å². The Morgan fingerprint density at radius 3 is 2.41 bits per heavy atom. The zero-order valence-corrected chi connectivity index (χ0v) is 22.1. The Bertz CT molecular complexity index is 1420. The van der Waals surface area contributed by atoms with E-state index in [-0.39, 0.29) is 30.7 Å². The highest BCUT2D eigenvalue weighted by Gasteiger charge is 2.72. The van der Waals surface area contributed by atoms with Crippen LogP contribution < -0.4 is 10.6 Å². The molecule has 1 heterocycles. The number of nitrogens with two attached hydrogens (primary N) is 1. The lowest BCUT2D eigenvalue weighted by Gasteiger charge is -2.57. The minimum atomic E-state index is -2.80. The van der Waals surface area contributed by atoms with E-state index in [0.29, 0.717) is 11.3 Å². The topological polar surface area (TPSA) is 176 Å². The molecule has 3 aliphatic carbocycles. The van der Waals surface area contributed by atoms with Gasteiger partial charge in [0.15, 0.2) is 34.7 Å². The number of benzene rings is 1. The minimum absolute atomic E-state index is 0.0437. The molecule has 12 heteroatoms. The fourth-order valence-corrected chi connectivity index (χ4v) is 7.15. The van der Waals surface area contributed by atoms with Crippen LogP contribution in [0.3, 0.4) is 0 Å². The number of aromatic hydroxyl groups is 1. The van der Waals surface area contributed by atoms with Gasteiger partial charge in [0.05, 0.1) is 23.9 Å². The van der Waals surface area contributed by atoms with E-state index < -0.39 is 63.9 Å². The summed E-state index contributed by atoms with van der Waals surface area (Å²) in [5.41, 5.74) is 2.57. The van der Waals surface area contributed by atoms with Crippen molar-refractivity contribution in [1.29, 1.82) is 0 Å². The van der Waals surface area contributed by atoms with Gasteiger partial charge in [-0.25, -0.2) is 4.98 Å². The van der Waals surface area contributed by atoms with Gasteiger partial charge in [0.25, 0.3) is 0 Å². The Hall–Kier alpha value is -3.90. The number of rotatable bonds is 5. The molecule has 4 N–H and O–H groups in total. The third-order valence-corrected chi connectivity index (χ3v) is 8.69. The number of fused-ring (bicyclic) bond motifs is 3. The molecular formula is C27H31N5O7. The normalized spacial score (nSPS) is 32.1. The molecule has 206 valence electrons. The van der Waals surface area contributed by atoms with Gasteiger partial charge >= 0.3 is 0 Å². The molecule has 2 unspecified atom stereocenters. The van der Waals surface area contributed by atoms with Gasteiger partial charge in [-0.05, 0) is 44.6 Å². The summed E-state index contributed by atoms with van der Waals surface area (Å²) < 4.78 is 1.71. The second-order valence-electron chi connectivity index (χ2n) is 11.4. The van der Waals surface area contributed by atoms with Gasteiger partial charge in [-0.15, -0.1) is 0 Å². The van der Waals surface area contributed by atoms with Crippen LogP contribution in [0, 0.1) is 23.2 Å². The maximum absolute atomic E-state index is 14.4. The number of hydrogen-bond donors (Lipinski definition) is 3. The van der Waals surface area contributed by atoms with Crippen LogP contribution >= 0.6 is 0 Å². The fraction of sp³-hybridized carbons (Fsp3) is 0.481. The maximum atomic E-state index is 14.4. The number of aromatic nitrogens is 2. The number of nitrogens with zero attached hydrogens (tertiary/aromatic N) is 4. The summed E-state index contributed by atoms with van der Waals surface area (Å²) in [6.07, 6.45) is 4.83. The molecule has 3 aliphatic rings. The van der Waals surface area contributed by atoms with E-state index in [2.05, 4.69) is 4.98 Å². The average Bonchev–Trinajstić information content (AvgIpc) is 3.33. The van der Waals surface area contributed by atoms with Crippen molar-refractivity contribution in [2.45, 2.75) is 31.0 Å². The van der Waals surface area contributed by atoms with Gasteiger partial charge < -0.3 is 25.4 Å². The van der Waals surface area contributed by atoms with Gasteiger partial charge in [-0.2, -0.15) is 0 Å². The first-order chi connectivity index (χ1) is 18.3. The fourth-order valence-electron chi connectivity index (χ4n) is 7.15. The molecule has 6 atom stereocenters. The van der Waals surface area contributed by atoms with Crippen molar-refractivity contribution < 1.29 is 34.2 Å². The average molecular weight is 538 g/mol. The largest absolute Gasteiger partial charge is 0.507 e. The van der Waals surface area contributed by atoms with E-state index in [4.69, 9.17) is 5.73 Å². The van der Waals surface area contributed by atoms with E-state index in [9.17, 15) is 34.2 Å². The van der Waals surface area contributed by atoms with Gasteiger partial charge in [-0.1, -0.05) is 0 Å². The third-order valence-electron chi connectivity index (χ3n) is 8.69. The van der Waals surface area contributed by atoms with Crippen LogP contribution in [-0.4, -0.2) is 93.5 Å². The molecule has 0 saturated heterocycles. The summed E-state index contributed by atoms with van der Waals surface area (Å²) >= 11 is 0. The summed E-state index contributed by atoms with van der Waals surface area (Å²) in [5.74, 6) is -10.3. The number of hydrogen-bond acceptors (Lipinski definition) is 10. The molecule has 1 aromatic heterocycles. The summed E-state index contributed by atoms with van der Waals surface area (Å²) in [7, 11) is 6.70. The van der Waals surface area contributed by atoms with Crippen LogP contribution in [0.5, 0.6) is 5.75 Å². The summed E-state index contributed by atoms with van der Waals surface area (Å²) in [6, 6.07) is 1.86. The number of amides is 1. The van der Waals surface area contributed by atoms with Crippen molar-refractivity contribution >= 4 is 34.7 Å². The monoisotopic (exact) mass is 537 g/mol. The Morgan fingerprint density at radius 2 is 1.85 bits per heavy atom. The minimum Gasteiger partial charge on any atom is -0.507 e. The highest BCUT2D eigenvalue weighted by molar-refractivity contribution is 6.32. The second-order valence-corrected chi connectivity index (χ2v) is 11.4. The number of phenolic OH excluding ortho intramolecular Hbond substituents is 1. The summed E-state index contributed by atoms with van der Waals surface area (Å²) in [6.45, 7) is 0.117. The van der Waals surface area contributed by atoms with Crippen molar-refractivity contribution in [3.05, 3.63) is 42.0 Å². The first-order valence-corrected chi connectivity index (χ1v) is 12.6. The zero-order chi connectivity index (χ0) is 28.6. The number of ketones is 4. The quantitative estimate of drug-likeness (QED) is 0.409. The number of aliphatic hydroxyl groups is 1. The number of imidazole rings is 1. The Morgan fingerprint density at radius 1 is 1.15 bits per heavy atom. The molecule has 2 saturated carbocycles. The standard InChI is InChI=1S/C27H31N5O7/c1-30(2)15-5-6-16(33)17-13(15)9-26(11-32-8-7-29-12-32)10-14-20(31(3)4)22(35)18(25(28)38)23(36)27(14,39)24(37)19(26)21(17)34/h5-8,12,14,18-20,33,39H,9-11H2,1-4H3,(H2,28,38)/t14-,18?,19?,20-,26-,27+/m0/s1. The van der Waals surface area contributed by atoms with Crippen LogP contribution in [0.1, 0.15) is 22.3 Å². The van der Waals surface area contributed by atoms with Crippen molar-refractivity contribution in [3.63, 3.8) is 0 Å². The number of phenols is 1. The molecule has 1 amide bonds. The Kier molecular flexibility index (Phi) is 6.03. The first kappa shape index (κ1) is 26.7. The smallest absolute Gasteiger partial charge is 0.235 e. The molecular weight excluding hydrogens is 506 g/mol. The van der Waals surface area contributed by atoms with Crippen LogP contribution in [0.15, 0.2) is 30.9 Å². The van der Waals surface area contributed by atoms with Crippen molar-refractivity contribution in [2.75, 3.05) is 33.1 Å². The molecule has 0 bridgehead atoms. The molecule has 0 radical (unpaired) electrons. The number of carbonyl (C=O) groups excluding carboxylic acids is 5. The van der Waals surface area contributed by atoms with Gasteiger partial charge in [-0.3, -0.25) is 28.9 Å². The van der Waals surface area contributed by atoms with Crippen molar-refractivity contribution in [1.82, 2.24) is 14.5 Å². The molecule has 1 aromatic carbocycles. The Balaban J connectivity index is 1.78. The zero-order valence-electron chi connectivity index (χ0n) is 22.1. The summed E-state index contributed by atoms with van der Waals surface area (Å²) in [5, 5.41) is 22.7. The number of Topliss-reactive ketones (excluding diaryl/α,β-unsaturated/α-hetero) is 4. The van der Waals surface area contributed by atoms with E-state index in [1.165, 1.54) is 17.3 Å². The van der Waals surface area contributed by atoms with Gasteiger partial charge in [0.2, 0.25) is 5.91 Å². The summed E-state index contributed by atoms with van der Waals surface area (Å²) in [4.78, 5) is 75.2. The highest BCUT2D eigenvalue weighted by atomic mass is 16.3. The predicted molar refractivity (Wildman–Crippen MR) is 137 cm³/mol. The first-order valence-electron chi connectivity index (χ1n) is 12.6. The van der Waals surface area contributed by atoms with Crippen molar-refractivity contribution in [3.8, 4) is 5.75 Å². The lowest BCUT2D eigenvalue weighted by Crippen LogP contribution is -2.76. The Labute approximate surface area is 224 Å². The molecule has 12 nitrogen and oxygen atoms in total. The van der Waals surface area contributed by atoms with Crippen LogP contribution in [0.4, 0.5) is 5.69 Å². The third kappa shape index (κ3) is 3.58. The molecule has 2 aromatic rings. The number of likely N-dealkylation sites (N-methyl/N-ethyl adjacent to an activating group) is 1. The van der Waals surface area contributed by atoms with Gasteiger partial charge in [0, 0.05) is 50.1 Å². The molecule has 0 spiro atoms. The molecule has 0 aliphatic heterocycles. The second kappa shape index (κ2) is 8.82.